The van der Waals surface area contributed by atoms with E-state index in [0.29, 0.717) is 54.4 Å². The third-order valence-electron chi connectivity index (χ3n) is 9.02. The van der Waals surface area contributed by atoms with Crippen LogP contribution in [-0.2, 0) is 19.2 Å². The summed E-state index contributed by atoms with van der Waals surface area (Å²) in [6.07, 6.45) is 2.21. The molecule has 0 N–H and O–H groups in total. The first kappa shape index (κ1) is 29.7. The van der Waals surface area contributed by atoms with Crippen LogP contribution < -0.4 is 4.74 Å². The van der Waals surface area contributed by atoms with Crippen LogP contribution in [0.4, 0.5) is 0 Å². The van der Waals surface area contributed by atoms with E-state index in [2.05, 4.69) is 54.7 Å². The molecule has 2 aliphatic heterocycles. The summed E-state index contributed by atoms with van der Waals surface area (Å²) < 4.78 is 48.0. The number of fused-ring (bicyclic) bond motifs is 1. The molecule has 0 bridgehead atoms. The van der Waals surface area contributed by atoms with Crippen molar-refractivity contribution < 1.29 is 22.3 Å². The summed E-state index contributed by atoms with van der Waals surface area (Å²) in [5, 5.41) is 0. The van der Waals surface area contributed by atoms with Gasteiger partial charge in [-0.3, -0.25) is 0 Å². The molecule has 0 spiro atoms. The Balaban J connectivity index is 1.79. The van der Waals surface area contributed by atoms with Crippen molar-refractivity contribution in [2.24, 2.45) is 5.92 Å². The number of sulfonamides is 1. The van der Waals surface area contributed by atoms with Gasteiger partial charge in [0.2, 0.25) is 10.0 Å². The summed E-state index contributed by atoms with van der Waals surface area (Å²) in [4.78, 5) is 2.28. The normalized spacial score (nSPS) is 22.6. The van der Waals surface area contributed by atoms with Gasteiger partial charge < -0.3 is 18.8 Å². The van der Waals surface area contributed by atoms with E-state index in [4.69, 9.17) is 13.9 Å². The molecule has 7 nitrogen and oxygen atoms in total. The van der Waals surface area contributed by atoms with Crippen LogP contribution >= 0.6 is 0 Å². The van der Waals surface area contributed by atoms with Crippen LogP contribution in [0.1, 0.15) is 60.8 Å². The predicted octanol–water partition coefficient (Wildman–Crippen LogP) is 6.63. The predicted molar refractivity (Wildman–Crippen MR) is 158 cm³/mol. The number of ether oxygens (including phenoxy) is 2. The highest BCUT2D eigenvalue weighted by Crippen LogP contribution is 2.50. The highest BCUT2D eigenvalue weighted by atomic mass is 32.2. The summed E-state index contributed by atoms with van der Waals surface area (Å²) in [7, 11) is -4.40. The molecule has 4 rings (SSSR count). The summed E-state index contributed by atoms with van der Waals surface area (Å²) in [5.41, 5.74) is 3.29. The van der Waals surface area contributed by atoms with Gasteiger partial charge in [0.05, 0.1) is 30.4 Å². The van der Waals surface area contributed by atoms with Crippen molar-refractivity contribution in [1.82, 2.24) is 9.21 Å². The summed E-state index contributed by atoms with van der Waals surface area (Å²) >= 11 is 0. The highest BCUT2D eigenvalue weighted by molar-refractivity contribution is 7.89. The highest BCUT2D eigenvalue weighted by Gasteiger charge is 2.52. The average molecular weight is 575 g/mol. The lowest BCUT2D eigenvalue weighted by atomic mass is 9.81. The minimum Gasteiger partial charge on any atom is -0.546 e. The largest absolute Gasteiger partial charge is 0.546 e. The van der Waals surface area contributed by atoms with E-state index >= 15 is 0 Å². The van der Waals surface area contributed by atoms with Crippen molar-refractivity contribution in [3.8, 4) is 5.75 Å². The Kier molecular flexibility index (Phi) is 8.64. The van der Waals surface area contributed by atoms with Gasteiger partial charge in [-0.1, -0.05) is 48.1 Å². The molecule has 216 valence electrons. The summed E-state index contributed by atoms with van der Waals surface area (Å²) in [5.74, 6) is 2.15. The minimum absolute atomic E-state index is 0.0884. The van der Waals surface area contributed by atoms with Crippen LogP contribution in [0.2, 0.25) is 16.6 Å². The van der Waals surface area contributed by atoms with Crippen LogP contribution in [0.3, 0.4) is 0 Å². The standard InChI is InChI=1S/C30H46N2O5SSi/c1-20(2)39(21(3)4,22(5)6)37-29-15-14-27(23(7)31-18-19-36-24(31)8)30-28(29)16-17-32(30)38(33,34)26-12-10-25(35-9)11-13-26/h10-13,20-22,27,30H,7-8,14-19H2,1-6,9H3/t27-,30?/m0/s1. The number of benzene rings is 1. The molecular formula is C30H46N2O5SSi. The van der Waals surface area contributed by atoms with E-state index in [-0.39, 0.29) is 16.9 Å². The molecule has 1 aromatic rings. The van der Waals surface area contributed by atoms with E-state index in [1.165, 1.54) is 0 Å². The summed E-state index contributed by atoms with van der Waals surface area (Å²) in [6, 6.07) is 6.31. The number of methoxy groups -OCH3 is 1. The van der Waals surface area contributed by atoms with E-state index in [0.717, 1.165) is 29.9 Å². The minimum atomic E-state index is -3.77. The van der Waals surface area contributed by atoms with E-state index < -0.39 is 18.3 Å². The fourth-order valence-corrected chi connectivity index (χ4v) is 14.2. The van der Waals surface area contributed by atoms with Crippen molar-refractivity contribution in [1.29, 1.82) is 0 Å². The third-order valence-corrected chi connectivity index (χ3v) is 16.9. The third kappa shape index (κ3) is 5.18. The maximum Gasteiger partial charge on any atom is 0.258 e. The van der Waals surface area contributed by atoms with Crippen molar-refractivity contribution in [2.75, 3.05) is 26.8 Å². The Bertz CT molecular complexity index is 1200. The van der Waals surface area contributed by atoms with Gasteiger partial charge in [-0.2, -0.15) is 4.31 Å². The van der Waals surface area contributed by atoms with Crippen molar-refractivity contribution in [3.05, 3.63) is 60.3 Å². The van der Waals surface area contributed by atoms with Crippen LogP contribution in [0, 0.1) is 5.92 Å². The van der Waals surface area contributed by atoms with Crippen LogP contribution in [-0.4, -0.2) is 58.8 Å². The zero-order valence-corrected chi connectivity index (χ0v) is 26.5. The lowest BCUT2D eigenvalue weighted by Crippen LogP contribution is -2.49. The maximum absolute atomic E-state index is 14.1. The maximum atomic E-state index is 14.1. The molecule has 3 aliphatic rings. The summed E-state index contributed by atoms with van der Waals surface area (Å²) in [6.45, 7) is 23.9. The number of nitrogens with zero attached hydrogens (tertiary/aromatic N) is 2. The first-order valence-corrected chi connectivity index (χ1v) is 17.8. The molecule has 2 atom stereocenters. The van der Waals surface area contributed by atoms with Crippen molar-refractivity contribution in [2.45, 2.75) is 88.4 Å². The SMILES string of the molecule is C=C1OCCN1C(=C)[C@@H]1CCC(O[Si](C(C)C)(C(C)C)C(C)C)=C2CCN(S(=O)(=O)c3ccc(OC)cc3)C21. The quantitative estimate of drug-likeness (QED) is 0.292. The molecule has 1 aliphatic carbocycles. The van der Waals surface area contributed by atoms with Gasteiger partial charge in [-0.15, -0.1) is 0 Å². The molecule has 0 amide bonds. The first-order valence-electron chi connectivity index (χ1n) is 14.2. The van der Waals surface area contributed by atoms with Gasteiger partial charge in [-0.25, -0.2) is 8.42 Å². The molecule has 2 fully saturated rings. The molecule has 0 saturated carbocycles. The Morgan fingerprint density at radius 2 is 1.64 bits per heavy atom. The smallest absolute Gasteiger partial charge is 0.258 e. The lowest BCUT2D eigenvalue weighted by molar-refractivity contribution is 0.220. The fraction of sp³-hybridized carbons (Fsp3) is 0.600. The Morgan fingerprint density at radius 1 is 1.03 bits per heavy atom. The second kappa shape index (κ2) is 11.3. The lowest BCUT2D eigenvalue weighted by Gasteiger charge is -2.46. The van der Waals surface area contributed by atoms with Crippen molar-refractivity contribution >= 4 is 18.3 Å². The van der Waals surface area contributed by atoms with Gasteiger partial charge in [0.25, 0.3) is 8.32 Å². The van der Waals surface area contributed by atoms with E-state index in [1.807, 2.05) is 4.90 Å². The fourth-order valence-electron chi connectivity index (χ4n) is 7.19. The molecule has 39 heavy (non-hydrogen) atoms. The Hall–Kier alpha value is -2.23. The van der Waals surface area contributed by atoms with Gasteiger partial charge >= 0.3 is 0 Å². The molecule has 0 radical (unpaired) electrons. The zero-order chi connectivity index (χ0) is 28.7. The molecule has 1 unspecified atom stereocenters. The van der Waals surface area contributed by atoms with Crippen molar-refractivity contribution in [3.63, 3.8) is 0 Å². The van der Waals surface area contributed by atoms with Gasteiger partial charge in [0.1, 0.15) is 12.4 Å². The average Bonchev–Trinajstić information content (AvgIpc) is 3.53. The topological polar surface area (TPSA) is 68.3 Å². The molecule has 0 aromatic heterocycles. The molecule has 1 aromatic carbocycles. The van der Waals surface area contributed by atoms with Crippen LogP contribution in [0.5, 0.6) is 5.75 Å². The molecular weight excluding hydrogens is 528 g/mol. The van der Waals surface area contributed by atoms with Gasteiger partial charge in [0, 0.05) is 24.6 Å². The first-order chi connectivity index (χ1) is 18.4. The second-order valence-corrected chi connectivity index (χ2v) is 19.2. The Labute approximate surface area is 236 Å². The molecule has 2 heterocycles. The number of rotatable bonds is 10. The zero-order valence-electron chi connectivity index (χ0n) is 24.7. The van der Waals surface area contributed by atoms with Crippen LogP contribution in [0.15, 0.2) is 65.2 Å². The number of hydrogen-bond acceptors (Lipinski definition) is 6. The second-order valence-electron chi connectivity index (χ2n) is 11.9. The number of hydrogen-bond donors (Lipinski definition) is 0. The Morgan fingerprint density at radius 3 is 2.15 bits per heavy atom. The van der Waals surface area contributed by atoms with E-state index in [9.17, 15) is 8.42 Å². The number of allylic oxidation sites excluding steroid dienone is 1. The van der Waals surface area contributed by atoms with Crippen LogP contribution in [0.25, 0.3) is 0 Å². The molecule has 9 heteroatoms. The monoisotopic (exact) mass is 574 g/mol. The van der Waals surface area contributed by atoms with Gasteiger partial charge in [-0.05, 0) is 65.9 Å². The van der Waals surface area contributed by atoms with E-state index in [1.54, 1.807) is 35.7 Å². The molecule has 2 saturated heterocycles. The van der Waals surface area contributed by atoms with Gasteiger partial charge in [0.15, 0.2) is 5.88 Å².